The van der Waals surface area contributed by atoms with Crippen LogP contribution in [0.5, 0.6) is 5.75 Å². The number of likely N-dealkylation sites (N-methyl/N-ethyl adjacent to an activating group) is 1. The number of aromatic amines is 1. The number of carbonyl (C=O) groups is 2. The number of H-pyrrole nitrogens is 1. The number of phenols is 1. The SMILES string of the molecule is CNCCC1=C2C(=O)C(c3ccc4[nH]cc(CCN(C)C)c4c3O)=CC=C2NC1=O. The zero-order valence-electron chi connectivity index (χ0n) is 17.4. The molecule has 1 amide bonds. The molecular formula is C23H26N4O3. The number of benzene rings is 1. The van der Waals surface area contributed by atoms with Crippen LogP contribution in [-0.4, -0.2) is 60.9 Å². The molecule has 7 heteroatoms. The second-order valence-electron chi connectivity index (χ2n) is 7.90. The third-order valence-corrected chi connectivity index (χ3v) is 5.63. The van der Waals surface area contributed by atoms with Gasteiger partial charge in [-0.3, -0.25) is 9.59 Å². The van der Waals surface area contributed by atoms with E-state index in [4.69, 9.17) is 0 Å². The van der Waals surface area contributed by atoms with Crippen molar-refractivity contribution in [3.05, 3.63) is 58.5 Å². The predicted octanol–water partition coefficient (Wildman–Crippen LogP) is 1.86. The van der Waals surface area contributed by atoms with Gasteiger partial charge in [0, 0.05) is 40.4 Å². The number of ketones is 1. The van der Waals surface area contributed by atoms with Crippen molar-refractivity contribution < 1.29 is 14.7 Å². The Balaban J connectivity index is 1.77. The summed E-state index contributed by atoms with van der Waals surface area (Å²) in [5.74, 6) is -0.378. The van der Waals surface area contributed by atoms with E-state index in [9.17, 15) is 14.7 Å². The van der Waals surface area contributed by atoms with E-state index in [2.05, 4.69) is 20.5 Å². The van der Waals surface area contributed by atoms with Crippen LogP contribution in [-0.2, 0) is 16.0 Å². The Kier molecular flexibility index (Phi) is 5.32. The number of aromatic hydroxyl groups is 1. The van der Waals surface area contributed by atoms with E-state index in [0.29, 0.717) is 40.9 Å². The molecule has 2 heterocycles. The third-order valence-electron chi connectivity index (χ3n) is 5.63. The average molecular weight is 406 g/mol. The number of carbonyl (C=O) groups excluding carboxylic acids is 2. The Morgan fingerprint density at radius 2 is 1.93 bits per heavy atom. The fraction of sp³-hybridized carbons (Fsp3) is 0.304. The highest BCUT2D eigenvalue weighted by Gasteiger charge is 2.35. The Hall–Kier alpha value is -3.16. The molecule has 2 aliphatic rings. The molecule has 1 aliphatic carbocycles. The van der Waals surface area contributed by atoms with E-state index in [1.54, 1.807) is 25.3 Å². The van der Waals surface area contributed by atoms with E-state index in [-0.39, 0.29) is 17.4 Å². The molecule has 1 aromatic carbocycles. The first-order valence-electron chi connectivity index (χ1n) is 10.1. The maximum absolute atomic E-state index is 13.3. The van der Waals surface area contributed by atoms with E-state index >= 15 is 0 Å². The van der Waals surface area contributed by atoms with Crippen LogP contribution in [0.4, 0.5) is 0 Å². The van der Waals surface area contributed by atoms with Crippen LogP contribution in [0, 0.1) is 0 Å². The van der Waals surface area contributed by atoms with Gasteiger partial charge >= 0.3 is 0 Å². The Morgan fingerprint density at radius 1 is 1.13 bits per heavy atom. The summed E-state index contributed by atoms with van der Waals surface area (Å²) in [6.45, 7) is 1.45. The van der Waals surface area contributed by atoms with Crippen LogP contribution in [0.1, 0.15) is 17.5 Å². The second-order valence-corrected chi connectivity index (χ2v) is 7.90. The molecular weight excluding hydrogens is 380 g/mol. The zero-order chi connectivity index (χ0) is 21.4. The lowest BCUT2D eigenvalue weighted by Crippen LogP contribution is -2.19. The van der Waals surface area contributed by atoms with Gasteiger partial charge in [0.25, 0.3) is 5.91 Å². The number of hydrogen-bond acceptors (Lipinski definition) is 5. The molecule has 4 N–H and O–H groups in total. The van der Waals surface area contributed by atoms with Crippen molar-refractivity contribution in [1.82, 2.24) is 20.5 Å². The molecule has 1 aromatic heterocycles. The first kappa shape index (κ1) is 20.1. The largest absolute Gasteiger partial charge is 0.507 e. The van der Waals surface area contributed by atoms with Crippen LogP contribution in [0.2, 0.25) is 0 Å². The number of nitrogens with one attached hydrogen (secondary N) is 3. The number of rotatable bonds is 7. The lowest BCUT2D eigenvalue weighted by molar-refractivity contribution is -0.116. The van der Waals surface area contributed by atoms with E-state index in [0.717, 1.165) is 29.4 Å². The van der Waals surface area contributed by atoms with E-state index in [1.165, 1.54) is 0 Å². The summed E-state index contributed by atoms with van der Waals surface area (Å²) in [6, 6.07) is 3.63. The van der Waals surface area contributed by atoms with Crippen molar-refractivity contribution in [3.63, 3.8) is 0 Å². The van der Waals surface area contributed by atoms with Crippen LogP contribution in [0.15, 0.2) is 47.3 Å². The number of Topliss-reactive ketones (excluding diaryl/α,β-unsaturated/α-hetero) is 1. The van der Waals surface area contributed by atoms with Crippen molar-refractivity contribution in [2.75, 3.05) is 34.2 Å². The van der Waals surface area contributed by atoms with Crippen LogP contribution in [0.3, 0.4) is 0 Å². The lowest BCUT2D eigenvalue weighted by atomic mass is 9.87. The van der Waals surface area contributed by atoms with Gasteiger partial charge in [-0.2, -0.15) is 0 Å². The highest BCUT2D eigenvalue weighted by atomic mass is 16.3. The lowest BCUT2D eigenvalue weighted by Gasteiger charge is -2.16. The highest BCUT2D eigenvalue weighted by Crippen LogP contribution is 2.40. The maximum Gasteiger partial charge on any atom is 0.252 e. The number of fused-ring (bicyclic) bond motifs is 2. The van der Waals surface area contributed by atoms with Gasteiger partial charge in [-0.15, -0.1) is 0 Å². The quantitative estimate of drug-likeness (QED) is 0.563. The van der Waals surface area contributed by atoms with Crippen LogP contribution < -0.4 is 10.6 Å². The zero-order valence-corrected chi connectivity index (χ0v) is 17.4. The molecule has 0 spiro atoms. The first-order valence-corrected chi connectivity index (χ1v) is 10.1. The van der Waals surface area contributed by atoms with Gasteiger partial charge in [-0.1, -0.05) is 0 Å². The minimum atomic E-state index is -0.239. The highest BCUT2D eigenvalue weighted by molar-refractivity contribution is 6.35. The molecule has 1 aliphatic heterocycles. The summed E-state index contributed by atoms with van der Waals surface area (Å²) in [7, 11) is 5.82. The summed E-state index contributed by atoms with van der Waals surface area (Å²) in [5, 5.41) is 17.6. The summed E-state index contributed by atoms with van der Waals surface area (Å²) < 4.78 is 0. The summed E-state index contributed by atoms with van der Waals surface area (Å²) in [4.78, 5) is 31.0. The van der Waals surface area contributed by atoms with Gasteiger partial charge in [0.15, 0.2) is 5.78 Å². The number of allylic oxidation sites excluding steroid dienone is 4. The number of aromatic nitrogens is 1. The van der Waals surface area contributed by atoms with Crippen molar-refractivity contribution in [2.24, 2.45) is 0 Å². The Bertz CT molecular complexity index is 1130. The van der Waals surface area contributed by atoms with Gasteiger partial charge < -0.3 is 25.6 Å². The van der Waals surface area contributed by atoms with Crippen molar-refractivity contribution in [1.29, 1.82) is 0 Å². The number of amides is 1. The van der Waals surface area contributed by atoms with E-state index < -0.39 is 0 Å². The normalized spacial score (nSPS) is 16.3. The fourth-order valence-electron chi connectivity index (χ4n) is 4.03. The predicted molar refractivity (Wildman–Crippen MR) is 117 cm³/mol. The van der Waals surface area contributed by atoms with Crippen molar-refractivity contribution >= 4 is 28.2 Å². The fourth-order valence-corrected chi connectivity index (χ4v) is 4.03. The number of hydrogen-bond donors (Lipinski definition) is 4. The third kappa shape index (κ3) is 3.36. The van der Waals surface area contributed by atoms with Gasteiger partial charge in [0.1, 0.15) is 5.75 Å². The van der Waals surface area contributed by atoms with Gasteiger partial charge in [-0.25, -0.2) is 0 Å². The summed E-state index contributed by atoms with van der Waals surface area (Å²) >= 11 is 0. The molecule has 0 unspecified atom stereocenters. The molecule has 0 fully saturated rings. The van der Waals surface area contributed by atoms with Gasteiger partial charge in [0.2, 0.25) is 0 Å². The summed E-state index contributed by atoms with van der Waals surface area (Å²) in [5.41, 5.74) is 4.14. The summed E-state index contributed by atoms with van der Waals surface area (Å²) in [6.07, 6.45) is 6.56. The van der Waals surface area contributed by atoms with Crippen molar-refractivity contribution in [2.45, 2.75) is 12.8 Å². The molecule has 0 bridgehead atoms. The second kappa shape index (κ2) is 7.93. The Labute approximate surface area is 175 Å². The monoisotopic (exact) mass is 406 g/mol. The molecule has 0 saturated carbocycles. The smallest absolute Gasteiger partial charge is 0.252 e. The van der Waals surface area contributed by atoms with Crippen LogP contribution >= 0.6 is 0 Å². The first-order chi connectivity index (χ1) is 14.4. The molecule has 0 saturated heterocycles. The molecule has 0 atom stereocenters. The minimum Gasteiger partial charge on any atom is -0.507 e. The van der Waals surface area contributed by atoms with Crippen LogP contribution in [0.25, 0.3) is 16.5 Å². The van der Waals surface area contributed by atoms with Crippen molar-refractivity contribution in [3.8, 4) is 5.75 Å². The topological polar surface area (TPSA) is 97.5 Å². The van der Waals surface area contributed by atoms with Gasteiger partial charge in [-0.05, 0) is 70.4 Å². The standard InChI is InChI=1S/C23H26N4O3/c1-24-10-8-16-20-18(26-23(16)30)7-5-15(22(20)29)14-4-6-17-19(21(14)28)13(12-25-17)9-11-27(2)3/h4-7,12,24-25,28H,8-11H2,1-3H3,(H,26,30). The number of phenolic OH excluding ortho intramolecular Hbond substituents is 1. The molecule has 156 valence electrons. The minimum absolute atomic E-state index is 0.0913. The molecule has 2 aromatic rings. The number of nitrogens with zero attached hydrogens (tertiary/aromatic N) is 1. The van der Waals surface area contributed by atoms with E-state index in [1.807, 2.05) is 26.4 Å². The van der Waals surface area contributed by atoms with Gasteiger partial charge in [0.05, 0.1) is 11.3 Å². The molecule has 30 heavy (non-hydrogen) atoms. The molecule has 7 nitrogen and oxygen atoms in total. The maximum atomic E-state index is 13.3. The molecule has 0 radical (unpaired) electrons. The molecule has 4 rings (SSSR count). The average Bonchev–Trinajstić information content (AvgIpc) is 3.27. The Morgan fingerprint density at radius 3 is 2.67 bits per heavy atom.